The third-order valence-corrected chi connectivity index (χ3v) is 4.19. The lowest BCUT2D eigenvalue weighted by atomic mass is 10.0. The van der Waals surface area contributed by atoms with Gasteiger partial charge in [0.25, 0.3) is 0 Å². The number of carbonyl (C=O) groups excluding carboxylic acids is 1. The Kier molecular flexibility index (Phi) is 6.10. The van der Waals surface area contributed by atoms with Gasteiger partial charge in [-0.15, -0.1) is 5.10 Å². The van der Waals surface area contributed by atoms with Crippen LogP contribution in [0.4, 0.5) is 18.9 Å². The number of alkyl halides is 3. The highest BCUT2D eigenvalue weighted by Crippen LogP contribution is 2.28. The molecule has 0 aliphatic heterocycles. The number of anilines is 1. The summed E-state index contributed by atoms with van der Waals surface area (Å²) in [6.45, 7) is 0.164. The largest absolute Gasteiger partial charge is 0.484 e. The van der Waals surface area contributed by atoms with E-state index in [4.69, 9.17) is 4.74 Å². The van der Waals surface area contributed by atoms with E-state index in [1.54, 1.807) is 13.0 Å². The normalized spacial score (nSPS) is 12.4. The fraction of sp³-hybridized carbons (Fsp3) is 0.263. The molecule has 0 aliphatic carbocycles. The maximum Gasteiger partial charge on any atom is 0.422 e. The lowest BCUT2D eigenvalue weighted by Crippen LogP contribution is -2.28. The zero-order valence-electron chi connectivity index (χ0n) is 15.4. The zero-order chi connectivity index (χ0) is 20.9. The Bertz CT molecular complexity index is 946. The van der Waals surface area contributed by atoms with Crippen molar-refractivity contribution in [3.05, 3.63) is 66.0 Å². The number of aromatic nitrogens is 4. The van der Waals surface area contributed by atoms with E-state index in [2.05, 4.69) is 20.8 Å². The van der Waals surface area contributed by atoms with E-state index in [0.29, 0.717) is 17.7 Å². The van der Waals surface area contributed by atoms with E-state index in [0.717, 1.165) is 5.56 Å². The van der Waals surface area contributed by atoms with E-state index in [9.17, 15) is 18.0 Å². The first kappa shape index (κ1) is 20.3. The van der Waals surface area contributed by atoms with Gasteiger partial charge in [-0.2, -0.15) is 13.2 Å². The Labute approximate surface area is 164 Å². The second kappa shape index (κ2) is 8.72. The van der Waals surface area contributed by atoms with Gasteiger partial charge in [0.15, 0.2) is 6.61 Å². The van der Waals surface area contributed by atoms with Crippen LogP contribution in [0.1, 0.15) is 17.2 Å². The van der Waals surface area contributed by atoms with E-state index < -0.39 is 24.7 Å². The Hall–Kier alpha value is -3.43. The summed E-state index contributed by atoms with van der Waals surface area (Å²) in [6.07, 6.45) is -2.78. The number of benzene rings is 2. The fourth-order valence-corrected chi connectivity index (χ4v) is 2.74. The van der Waals surface area contributed by atoms with Crippen LogP contribution in [0, 0.1) is 6.92 Å². The van der Waals surface area contributed by atoms with Crippen LogP contribution in [0.2, 0.25) is 0 Å². The Morgan fingerprint density at radius 2 is 1.93 bits per heavy atom. The fourth-order valence-electron chi connectivity index (χ4n) is 2.74. The van der Waals surface area contributed by atoms with E-state index in [1.165, 1.54) is 23.1 Å². The molecule has 7 nitrogen and oxygen atoms in total. The van der Waals surface area contributed by atoms with Crippen LogP contribution in [0.5, 0.6) is 5.75 Å². The number of ether oxygens (including phenoxy) is 1. The molecule has 0 spiro atoms. The summed E-state index contributed by atoms with van der Waals surface area (Å²) in [6, 6.07) is 13.1. The van der Waals surface area contributed by atoms with Crippen molar-refractivity contribution in [3.8, 4) is 5.75 Å². The van der Waals surface area contributed by atoms with Crippen molar-refractivity contribution in [2.45, 2.75) is 25.6 Å². The SMILES string of the molecule is Cc1c(NC(=O)C(Cc2ccccc2)n2cnnn2)cccc1OCC(F)(F)F. The van der Waals surface area contributed by atoms with Gasteiger partial charge in [0, 0.05) is 17.7 Å². The van der Waals surface area contributed by atoms with Crippen LogP contribution in [0.15, 0.2) is 54.9 Å². The van der Waals surface area contributed by atoms with Gasteiger partial charge in [-0.1, -0.05) is 36.4 Å². The quantitative estimate of drug-likeness (QED) is 0.652. The average Bonchev–Trinajstić information content (AvgIpc) is 3.21. The molecular formula is C19H18F3N5O2. The van der Waals surface area contributed by atoms with Gasteiger partial charge in [0.2, 0.25) is 5.91 Å². The number of tetrazole rings is 1. The minimum absolute atomic E-state index is 0.0437. The highest BCUT2D eigenvalue weighted by atomic mass is 19.4. The number of rotatable bonds is 7. The maximum absolute atomic E-state index is 12.9. The molecule has 0 saturated heterocycles. The van der Waals surface area contributed by atoms with Crippen LogP contribution in [-0.2, 0) is 11.2 Å². The molecule has 29 heavy (non-hydrogen) atoms. The standard InChI is InChI=1S/C19H18F3N5O2/c1-13-15(8-5-9-17(13)29-11-19(20,21)22)24-18(28)16(27-12-23-25-26-27)10-14-6-3-2-4-7-14/h2-9,12,16H,10-11H2,1H3,(H,24,28). The molecule has 152 valence electrons. The van der Waals surface area contributed by atoms with Crippen molar-refractivity contribution in [1.29, 1.82) is 0 Å². The van der Waals surface area contributed by atoms with Crippen molar-refractivity contribution in [1.82, 2.24) is 20.2 Å². The van der Waals surface area contributed by atoms with Gasteiger partial charge >= 0.3 is 6.18 Å². The summed E-state index contributed by atoms with van der Waals surface area (Å²) in [4.78, 5) is 12.9. The number of nitrogens with one attached hydrogen (secondary N) is 1. The molecule has 1 heterocycles. The number of amides is 1. The topological polar surface area (TPSA) is 81.9 Å². The Morgan fingerprint density at radius 1 is 1.17 bits per heavy atom. The molecule has 2 aromatic carbocycles. The van der Waals surface area contributed by atoms with Gasteiger partial charge in [-0.05, 0) is 35.0 Å². The number of halogens is 3. The van der Waals surface area contributed by atoms with E-state index in [-0.39, 0.29) is 5.75 Å². The molecule has 1 unspecified atom stereocenters. The molecular weight excluding hydrogens is 387 g/mol. The molecule has 0 saturated carbocycles. The summed E-state index contributed by atoms with van der Waals surface area (Å²) in [5, 5.41) is 13.7. The summed E-state index contributed by atoms with van der Waals surface area (Å²) in [7, 11) is 0. The predicted octanol–water partition coefficient (Wildman–Crippen LogP) is 3.35. The average molecular weight is 405 g/mol. The third-order valence-electron chi connectivity index (χ3n) is 4.19. The number of carbonyl (C=O) groups is 1. The molecule has 0 radical (unpaired) electrons. The van der Waals surface area contributed by atoms with Crippen molar-refractivity contribution < 1.29 is 22.7 Å². The summed E-state index contributed by atoms with van der Waals surface area (Å²) in [5.74, 6) is -0.362. The highest BCUT2D eigenvalue weighted by molar-refractivity contribution is 5.94. The number of nitrogens with zero attached hydrogens (tertiary/aromatic N) is 4. The maximum atomic E-state index is 12.9. The molecule has 0 aliphatic rings. The van der Waals surface area contributed by atoms with E-state index in [1.807, 2.05) is 30.3 Å². The predicted molar refractivity (Wildman–Crippen MR) is 98.4 cm³/mol. The second-order valence-corrected chi connectivity index (χ2v) is 6.32. The van der Waals surface area contributed by atoms with Gasteiger partial charge in [-0.3, -0.25) is 4.79 Å². The van der Waals surface area contributed by atoms with Crippen LogP contribution in [0.25, 0.3) is 0 Å². The van der Waals surface area contributed by atoms with Crippen molar-refractivity contribution >= 4 is 11.6 Å². The minimum Gasteiger partial charge on any atom is -0.484 e. The Balaban J connectivity index is 1.79. The first-order valence-electron chi connectivity index (χ1n) is 8.70. The second-order valence-electron chi connectivity index (χ2n) is 6.32. The highest BCUT2D eigenvalue weighted by Gasteiger charge is 2.29. The van der Waals surface area contributed by atoms with Crippen molar-refractivity contribution in [2.75, 3.05) is 11.9 Å². The molecule has 1 atom stereocenters. The van der Waals surface area contributed by atoms with Crippen molar-refractivity contribution in [3.63, 3.8) is 0 Å². The smallest absolute Gasteiger partial charge is 0.422 e. The third kappa shape index (κ3) is 5.53. The van der Waals surface area contributed by atoms with Gasteiger partial charge in [-0.25, -0.2) is 4.68 Å². The number of hydrogen-bond donors (Lipinski definition) is 1. The lowest BCUT2D eigenvalue weighted by molar-refractivity contribution is -0.153. The number of hydrogen-bond acceptors (Lipinski definition) is 5. The first-order valence-corrected chi connectivity index (χ1v) is 8.70. The summed E-state index contributed by atoms with van der Waals surface area (Å²) >= 11 is 0. The summed E-state index contributed by atoms with van der Waals surface area (Å²) in [5.41, 5.74) is 1.64. The van der Waals surface area contributed by atoms with Gasteiger partial charge in [0.05, 0.1) is 0 Å². The van der Waals surface area contributed by atoms with Crippen LogP contribution in [-0.4, -0.2) is 38.9 Å². The lowest BCUT2D eigenvalue weighted by Gasteiger charge is -2.19. The minimum atomic E-state index is -4.45. The molecule has 0 fully saturated rings. The Morgan fingerprint density at radius 3 is 2.59 bits per heavy atom. The first-order chi connectivity index (χ1) is 13.8. The molecule has 1 N–H and O–H groups in total. The molecule has 10 heteroatoms. The van der Waals surface area contributed by atoms with Crippen LogP contribution < -0.4 is 10.1 Å². The van der Waals surface area contributed by atoms with Crippen molar-refractivity contribution in [2.24, 2.45) is 0 Å². The molecule has 1 amide bonds. The van der Waals surface area contributed by atoms with Crippen LogP contribution in [0.3, 0.4) is 0 Å². The van der Waals surface area contributed by atoms with Gasteiger partial charge < -0.3 is 10.1 Å². The molecule has 0 bridgehead atoms. The molecule has 1 aromatic heterocycles. The molecule has 3 aromatic rings. The molecule has 3 rings (SSSR count). The van der Waals surface area contributed by atoms with Crippen LogP contribution >= 0.6 is 0 Å². The van der Waals surface area contributed by atoms with Gasteiger partial charge in [0.1, 0.15) is 18.1 Å². The zero-order valence-corrected chi connectivity index (χ0v) is 15.4. The van der Waals surface area contributed by atoms with E-state index >= 15 is 0 Å². The monoisotopic (exact) mass is 405 g/mol. The summed E-state index contributed by atoms with van der Waals surface area (Å²) < 4.78 is 43.5.